The summed E-state index contributed by atoms with van der Waals surface area (Å²) in [6.07, 6.45) is 2.91. The van der Waals surface area contributed by atoms with E-state index < -0.39 is 0 Å². The molecule has 0 spiro atoms. The number of likely N-dealkylation sites (N-methyl/N-ethyl adjacent to an activating group) is 1. The zero-order valence-electron chi connectivity index (χ0n) is 16.9. The highest BCUT2D eigenvalue weighted by Gasteiger charge is 2.29. The second-order valence-electron chi connectivity index (χ2n) is 7.97. The van der Waals surface area contributed by atoms with E-state index in [1.54, 1.807) is 4.90 Å². The molecule has 2 aliphatic heterocycles. The van der Waals surface area contributed by atoms with E-state index in [9.17, 15) is 4.79 Å². The van der Waals surface area contributed by atoms with Crippen molar-refractivity contribution >= 4 is 23.4 Å². The van der Waals surface area contributed by atoms with Crippen molar-refractivity contribution in [2.24, 2.45) is 11.7 Å². The number of nitrogens with zero attached hydrogens (tertiary/aromatic N) is 5. The Kier molecular flexibility index (Phi) is 5.61. The molecule has 2 amide bonds. The van der Waals surface area contributed by atoms with Gasteiger partial charge in [0.25, 0.3) is 0 Å². The average Bonchev–Trinajstić information content (AvgIpc) is 3.32. The minimum atomic E-state index is 0.0478. The Morgan fingerprint density at radius 2 is 2.10 bits per heavy atom. The van der Waals surface area contributed by atoms with Crippen LogP contribution in [0.15, 0.2) is 24.4 Å². The Morgan fingerprint density at radius 3 is 2.76 bits per heavy atom. The standard InChI is InChI=1S/C21H27ClN6O/c1-14-3-4-16(9-18(14)22)19-24-11-17(13-28-8-7-26(2)21(28)29)20(25-19)27-6-5-15(10-23)12-27/h3-4,9,11,15H,5-8,10,12-13,23H2,1-2H3. The Bertz CT molecular complexity index is 920. The lowest BCUT2D eigenvalue weighted by atomic mass is 10.1. The molecule has 4 rings (SSSR count). The summed E-state index contributed by atoms with van der Waals surface area (Å²) in [5.41, 5.74) is 8.77. The molecule has 2 saturated heterocycles. The minimum absolute atomic E-state index is 0.0478. The number of halogens is 1. The van der Waals surface area contributed by atoms with Crippen molar-refractivity contribution in [3.05, 3.63) is 40.5 Å². The molecule has 0 radical (unpaired) electrons. The summed E-state index contributed by atoms with van der Waals surface area (Å²) >= 11 is 6.31. The van der Waals surface area contributed by atoms with Gasteiger partial charge in [0.05, 0.1) is 6.54 Å². The molecule has 1 aromatic carbocycles. The Morgan fingerprint density at radius 1 is 1.28 bits per heavy atom. The van der Waals surface area contributed by atoms with Gasteiger partial charge < -0.3 is 20.4 Å². The average molecular weight is 415 g/mol. The molecule has 0 saturated carbocycles. The van der Waals surface area contributed by atoms with Crippen molar-refractivity contribution in [1.29, 1.82) is 0 Å². The first-order valence-corrected chi connectivity index (χ1v) is 10.4. The monoisotopic (exact) mass is 414 g/mol. The van der Waals surface area contributed by atoms with Crippen LogP contribution < -0.4 is 10.6 Å². The second-order valence-corrected chi connectivity index (χ2v) is 8.38. The van der Waals surface area contributed by atoms with Gasteiger partial charge in [-0.2, -0.15) is 0 Å². The number of hydrogen-bond acceptors (Lipinski definition) is 5. The maximum absolute atomic E-state index is 12.4. The van der Waals surface area contributed by atoms with Gasteiger partial charge in [0, 0.05) is 55.6 Å². The number of nitrogens with two attached hydrogens (primary N) is 1. The van der Waals surface area contributed by atoms with Crippen LogP contribution in [0, 0.1) is 12.8 Å². The maximum Gasteiger partial charge on any atom is 0.320 e. The van der Waals surface area contributed by atoms with E-state index >= 15 is 0 Å². The quantitative estimate of drug-likeness (QED) is 0.813. The first-order chi connectivity index (χ1) is 14.0. The zero-order valence-corrected chi connectivity index (χ0v) is 17.7. The van der Waals surface area contributed by atoms with E-state index in [2.05, 4.69) is 9.88 Å². The fourth-order valence-corrected chi connectivity index (χ4v) is 4.11. The molecule has 8 heteroatoms. The van der Waals surface area contributed by atoms with Crippen LogP contribution in [0.1, 0.15) is 17.5 Å². The van der Waals surface area contributed by atoms with Crippen molar-refractivity contribution < 1.29 is 4.79 Å². The zero-order chi connectivity index (χ0) is 20.5. The Labute approximate surface area is 176 Å². The van der Waals surface area contributed by atoms with Crippen LogP contribution in [-0.2, 0) is 6.54 Å². The molecule has 3 heterocycles. The number of rotatable bonds is 5. The summed E-state index contributed by atoms with van der Waals surface area (Å²) in [4.78, 5) is 27.7. The van der Waals surface area contributed by atoms with Crippen molar-refractivity contribution in [3.63, 3.8) is 0 Å². The molecular formula is C21H27ClN6O. The molecule has 2 fully saturated rings. The normalized spacial score (nSPS) is 19.5. The van der Waals surface area contributed by atoms with Gasteiger partial charge in [0.2, 0.25) is 0 Å². The van der Waals surface area contributed by atoms with E-state index in [0.717, 1.165) is 55.1 Å². The molecule has 29 heavy (non-hydrogen) atoms. The lowest BCUT2D eigenvalue weighted by Gasteiger charge is -2.24. The number of anilines is 1. The number of benzene rings is 1. The number of carbonyl (C=O) groups excluding carboxylic acids is 1. The van der Waals surface area contributed by atoms with E-state index in [4.69, 9.17) is 22.3 Å². The van der Waals surface area contributed by atoms with Crippen LogP contribution in [0.3, 0.4) is 0 Å². The second kappa shape index (κ2) is 8.16. The minimum Gasteiger partial charge on any atom is -0.356 e. The molecule has 2 N–H and O–H groups in total. The molecule has 154 valence electrons. The summed E-state index contributed by atoms with van der Waals surface area (Å²) in [6, 6.07) is 5.92. The van der Waals surface area contributed by atoms with E-state index in [-0.39, 0.29) is 6.03 Å². The predicted octanol–water partition coefficient (Wildman–Crippen LogP) is 2.76. The number of amides is 2. The topological polar surface area (TPSA) is 78.6 Å². The fourth-order valence-electron chi connectivity index (χ4n) is 3.93. The third-order valence-corrected chi connectivity index (χ3v) is 6.26. The fraction of sp³-hybridized carbons (Fsp3) is 0.476. The van der Waals surface area contributed by atoms with Crippen LogP contribution in [0.5, 0.6) is 0 Å². The highest BCUT2D eigenvalue weighted by molar-refractivity contribution is 6.31. The third-order valence-electron chi connectivity index (χ3n) is 5.85. The van der Waals surface area contributed by atoms with Gasteiger partial charge in [-0.25, -0.2) is 14.8 Å². The van der Waals surface area contributed by atoms with E-state index in [1.807, 2.05) is 43.3 Å². The van der Waals surface area contributed by atoms with Crippen molar-refractivity contribution in [2.45, 2.75) is 19.9 Å². The van der Waals surface area contributed by atoms with Gasteiger partial charge >= 0.3 is 6.03 Å². The van der Waals surface area contributed by atoms with Gasteiger partial charge in [-0.05, 0) is 37.4 Å². The summed E-state index contributed by atoms with van der Waals surface area (Å²) < 4.78 is 0. The largest absolute Gasteiger partial charge is 0.356 e. The molecule has 2 aromatic rings. The first kappa shape index (κ1) is 19.9. The Balaban J connectivity index is 1.68. The van der Waals surface area contributed by atoms with Gasteiger partial charge in [0.1, 0.15) is 5.82 Å². The lowest BCUT2D eigenvalue weighted by Crippen LogP contribution is -2.31. The highest BCUT2D eigenvalue weighted by Crippen LogP contribution is 2.30. The summed E-state index contributed by atoms with van der Waals surface area (Å²) in [7, 11) is 1.83. The van der Waals surface area contributed by atoms with Crippen molar-refractivity contribution in [2.75, 3.05) is 44.7 Å². The summed E-state index contributed by atoms with van der Waals surface area (Å²) in [5, 5.41) is 0.701. The molecule has 1 unspecified atom stereocenters. The van der Waals surface area contributed by atoms with Gasteiger partial charge in [-0.1, -0.05) is 23.7 Å². The van der Waals surface area contributed by atoms with Crippen molar-refractivity contribution in [1.82, 2.24) is 19.8 Å². The molecule has 0 bridgehead atoms. The van der Waals surface area contributed by atoms with Crippen LogP contribution in [0.25, 0.3) is 11.4 Å². The maximum atomic E-state index is 12.4. The molecule has 2 aliphatic rings. The van der Waals surface area contributed by atoms with Gasteiger partial charge in [-0.15, -0.1) is 0 Å². The number of aryl methyl sites for hydroxylation is 1. The van der Waals surface area contributed by atoms with Crippen LogP contribution in [0.4, 0.5) is 10.6 Å². The third kappa shape index (κ3) is 4.02. The molecule has 1 aromatic heterocycles. The van der Waals surface area contributed by atoms with Gasteiger partial charge in [0.15, 0.2) is 5.82 Å². The number of urea groups is 1. The molecule has 7 nitrogen and oxygen atoms in total. The summed E-state index contributed by atoms with van der Waals surface area (Å²) in [5.74, 6) is 2.01. The number of hydrogen-bond donors (Lipinski definition) is 1. The van der Waals surface area contributed by atoms with Crippen LogP contribution in [-0.4, -0.2) is 65.6 Å². The van der Waals surface area contributed by atoms with Crippen LogP contribution in [0.2, 0.25) is 5.02 Å². The Hall–Kier alpha value is -2.38. The predicted molar refractivity (Wildman–Crippen MR) is 115 cm³/mol. The van der Waals surface area contributed by atoms with Crippen LogP contribution >= 0.6 is 11.6 Å². The summed E-state index contributed by atoms with van der Waals surface area (Å²) in [6.45, 7) is 6.41. The van der Waals surface area contributed by atoms with E-state index in [1.165, 1.54) is 0 Å². The molecule has 1 atom stereocenters. The smallest absolute Gasteiger partial charge is 0.320 e. The molecular weight excluding hydrogens is 388 g/mol. The van der Waals surface area contributed by atoms with Crippen molar-refractivity contribution in [3.8, 4) is 11.4 Å². The number of aromatic nitrogens is 2. The van der Waals surface area contributed by atoms with Gasteiger partial charge in [-0.3, -0.25) is 0 Å². The van der Waals surface area contributed by atoms with E-state index in [0.29, 0.717) is 29.9 Å². The number of carbonyl (C=O) groups is 1. The lowest BCUT2D eigenvalue weighted by molar-refractivity contribution is 0.197. The SMILES string of the molecule is Cc1ccc(-c2ncc(CN3CCN(C)C3=O)c(N3CCC(CN)C3)n2)cc1Cl. The highest BCUT2D eigenvalue weighted by atomic mass is 35.5. The molecule has 0 aliphatic carbocycles. The first-order valence-electron chi connectivity index (χ1n) is 10.0.